The molecule has 0 aromatic carbocycles. The van der Waals surface area contributed by atoms with E-state index in [0.29, 0.717) is 0 Å². The van der Waals surface area contributed by atoms with Crippen LogP contribution in [-0.4, -0.2) is 16.7 Å². The summed E-state index contributed by atoms with van der Waals surface area (Å²) in [5.74, 6) is 0. The summed E-state index contributed by atoms with van der Waals surface area (Å²) in [5.41, 5.74) is 5.12. The van der Waals surface area contributed by atoms with Gasteiger partial charge in [-0.05, 0) is 40.9 Å². The molecule has 1 aliphatic carbocycles. The van der Waals surface area contributed by atoms with Crippen LogP contribution in [0.25, 0.3) is 0 Å². The lowest BCUT2D eigenvalue weighted by Gasteiger charge is -2.41. The van der Waals surface area contributed by atoms with Crippen molar-refractivity contribution in [2.24, 2.45) is 5.73 Å². The second-order valence-corrected chi connectivity index (χ2v) is 6.32. The van der Waals surface area contributed by atoms with E-state index in [1.807, 2.05) is 6.07 Å². The molecular formula is C9H12BrNOS. The first kappa shape index (κ1) is 9.65. The minimum Gasteiger partial charge on any atom is -0.389 e. The van der Waals surface area contributed by atoms with Gasteiger partial charge in [-0.25, -0.2) is 0 Å². The Bertz CT molecular complexity index is 306. The van der Waals surface area contributed by atoms with Crippen LogP contribution >= 0.6 is 27.3 Å². The number of rotatable bonds is 2. The van der Waals surface area contributed by atoms with Gasteiger partial charge < -0.3 is 10.8 Å². The molecule has 0 saturated heterocycles. The smallest absolute Gasteiger partial charge is 0.0725 e. The molecule has 2 rings (SSSR count). The fourth-order valence-electron chi connectivity index (χ4n) is 1.83. The molecule has 0 unspecified atom stereocenters. The van der Waals surface area contributed by atoms with Crippen LogP contribution in [0.15, 0.2) is 15.9 Å². The van der Waals surface area contributed by atoms with Gasteiger partial charge >= 0.3 is 0 Å². The molecule has 13 heavy (non-hydrogen) atoms. The summed E-state index contributed by atoms with van der Waals surface area (Å²) in [6.07, 6.45) is 2.22. The Morgan fingerprint density at radius 1 is 1.62 bits per heavy atom. The quantitative estimate of drug-likeness (QED) is 0.855. The maximum absolute atomic E-state index is 9.95. The highest BCUT2D eigenvalue weighted by atomic mass is 79.9. The number of aliphatic hydroxyl groups is 1. The van der Waals surface area contributed by atoms with E-state index in [2.05, 4.69) is 22.0 Å². The molecule has 0 aliphatic heterocycles. The zero-order valence-electron chi connectivity index (χ0n) is 7.16. The second-order valence-electron chi connectivity index (χ2n) is 3.78. The fourth-order valence-corrected chi connectivity index (χ4v) is 3.45. The van der Waals surface area contributed by atoms with Gasteiger partial charge in [0.2, 0.25) is 0 Å². The normalized spacial score (nSPS) is 33.0. The molecule has 3 N–H and O–H groups in total. The highest BCUT2D eigenvalue weighted by Gasteiger charge is 2.40. The third kappa shape index (κ3) is 2.13. The summed E-state index contributed by atoms with van der Waals surface area (Å²) in [6.45, 7) is 0. The standard InChI is InChI=1S/C9H12BrNOS/c10-8-2-1-7(13-8)5-9(12)3-6(11)4-9/h1-2,6,12H,3-5,11H2. The zero-order chi connectivity index (χ0) is 9.47. The minimum absolute atomic E-state index is 0.202. The van der Waals surface area contributed by atoms with Crippen LogP contribution in [0.2, 0.25) is 0 Å². The van der Waals surface area contributed by atoms with E-state index in [9.17, 15) is 5.11 Å². The molecule has 0 radical (unpaired) electrons. The van der Waals surface area contributed by atoms with Gasteiger partial charge in [-0.15, -0.1) is 11.3 Å². The highest BCUT2D eigenvalue weighted by molar-refractivity contribution is 9.11. The SMILES string of the molecule is NC1CC(O)(Cc2ccc(Br)s2)C1. The summed E-state index contributed by atoms with van der Waals surface area (Å²) in [5, 5.41) is 9.95. The van der Waals surface area contributed by atoms with Crippen molar-refractivity contribution in [3.05, 3.63) is 20.8 Å². The predicted molar refractivity (Wildman–Crippen MR) is 57.9 cm³/mol. The lowest BCUT2D eigenvalue weighted by atomic mass is 9.74. The van der Waals surface area contributed by atoms with Crippen molar-refractivity contribution in [1.29, 1.82) is 0 Å². The van der Waals surface area contributed by atoms with Gasteiger partial charge in [0.05, 0.1) is 9.39 Å². The average molecular weight is 262 g/mol. The molecule has 0 bridgehead atoms. The molecule has 4 heteroatoms. The zero-order valence-corrected chi connectivity index (χ0v) is 9.57. The van der Waals surface area contributed by atoms with Crippen molar-refractivity contribution in [1.82, 2.24) is 0 Å². The molecule has 1 saturated carbocycles. The maximum Gasteiger partial charge on any atom is 0.0725 e. The molecule has 2 nitrogen and oxygen atoms in total. The molecule has 1 heterocycles. The molecular weight excluding hydrogens is 250 g/mol. The number of hydrogen-bond acceptors (Lipinski definition) is 3. The van der Waals surface area contributed by atoms with Crippen molar-refractivity contribution >= 4 is 27.3 Å². The second kappa shape index (κ2) is 3.35. The number of thiophene rings is 1. The molecule has 72 valence electrons. The predicted octanol–water partition coefficient (Wildman–Crippen LogP) is 1.91. The average Bonchev–Trinajstić information content (AvgIpc) is 2.32. The maximum atomic E-state index is 9.95. The third-order valence-corrected chi connectivity index (χ3v) is 4.04. The van der Waals surface area contributed by atoms with Gasteiger partial charge in [0.1, 0.15) is 0 Å². The molecule has 0 atom stereocenters. The summed E-state index contributed by atoms with van der Waals surface area (Å²) in [6, 6.07) is 4.27. The van der Waals surface area contributed by atoms with E-state index in [-0.39, 0.29) is 6.04 Å². The molecule has 0 spiro atoms. The van der Waals surface area contributed by atoms with Gasteiger partial charge in [-0.2, -0.15) is 0 Å². The minimum atomic E-state index is -0.524. The van der Waals surface area contributed by atoms with Crippen LogP contribution < -0.4 is 5.73 Å². The highest BCUT2D eigenvalue weighted by Crippen LogP contribution is 2.36. The summed E-state index contributed by atoms with van der Waals surface area (Å²) in [7, 11) is 0. The van der Waals surface area contributed by atoms with E-state index >= 15 is 0 Å². The van der Waals surface area contributed by atoms with Crippen molar-refractivity contribution in [3.63, 3.8) is 0 Å². The van der Waals surface area contributed by atoms with Gasteiger partial charge in [-0.3, -0.25) is 0 Å². The first-order chi connectivity index (χ1) is 6.07. The van der Waals surface area contributed by atoms with Crippen LogP contribution in [0.3, 0.4) is 0 Å². The number of nitrogens with two attached hydrogens (primary N) is 1. The molecule has 1 aliphatic rings. The van der Waals surface area contributed by atoms with Crippen molar-refractivity contribution in [2.75, 3.05) is 0 Å². The number of halogens is 1. The van der Waals surface area contributed by atoms with Crippen LogP contribution in [0, 0.1) is 0 Å². The summed E-state index contributed by atoms with van der Waals surface area (Å²) in [4.78, 5) is 1.22. The first-order valence-electron chi connectivity index (χ1n) is 4.30. The van der Waals surface area contributed by atoms with Crippen molar-refractivity contribution in [3.8, 4) is 0 Å². The van der Waals surface area contributed by atoms with E-state index in [0.717, 1.165) is 23.0 Å². The Labute approximate surface area is 89.9 Å². The van der Waals surface area contributed by atoms with Crippen LogP contribution in [-0.2, 0) is 6.42 Å². The van der Waals surface area contributed by atoms with E-state index < -0.39 is 5.60 Å². The Hall–Kier alpha value is 0.1000. The molecule has 0 amide bonds. The van der Waals surface area contributed by atoms with Gasteiger partial charge in [0, 0.05) is 17.3 Å². The lowest BCUT2D eigenvalue weighted by molar-refractivity contribution is -0.0448. The topological polar surface area (TPSA) is 46.2 Å². The Balaban J connectivity index is 1.99. The van der Waals surface area contributed by atoms with E-state index in [1.54, 1.807) is 11.3 Å². The van der Waals surface area contributed by atoms with Crippen LogP contribution in [0.4, 0.5) is 0 Å². The van der Waals surface area contributed by atoms with E-state index in [1.165, 1.54) is 4.88 Å². The van der Waals surface area contributed by atoms with Crippen molar-refractivity contribution < 1.29 is 5.11 Å². The summed E-state index contributed by atoms with van der Waals surface area (Å²) < 4.78 is 1.12. The van der Waals surface area contributed by atoms with Crippen LogP contribution in [0.5, 0.6) is 0 Å². The van der Waals surface area contributed by atoms with Gasteiger partial charge in [-0.1, -0.05) is 0 Å². The molecule has 1 aromatic heterocycles. The Morgan fingerprint density at radius 3 is 2.77 bits per heavy atom. The number of hydrogen-bond donors (Lipinski definition) is 2. The summed E-state index contributed by atoms with van der Waals surface area (Å²) >= 11 is 5.08. The van der Waals surface area contributed by atoms with Gasteiger partial charge in [0.15, 0.2) is 0 Å². The van der Waals surface area contributed by atoms with Crippen LogP contribution in [0.1, 0.15) is 17.7 Å². The monoisotopic (exact) mass is 261 g/mol. The van der Waals surface area contributed by atoms with Crippen molar-refractivity contribution in [2.45, 2.75) is 30.9 Å². The van der Waals surface area contributed by atoms with Gasteiger partial charge in [0.25, 0.3) is 0 Å². The van der Waals surface area contributed by atoms with E-state index in [4.69, 9.17) is 5.73 Å². The largest absolute Gasteiger partial charge is 0.389 e. The Kier molecular flexibility index (Phi) is 2.49. The third-order valence-electron chi connectivity index (χ3n) is 2.42. The molecule has 1 aromatic rings. The Morgan fingerprint density at radius 2 is 2.31 bits per heavy atom. The lowest BCUT2D eigenvalue weighted by Crippen LogP contribution is -2.52. The fraction of sp³-hybridized carbons (Fsp3) is 0.556. The molecule has 1 fully saturated rings. The first-order valence-corrected chi connectivity index (χ1v) is 5.91.